The Morgan fingerprint density at radius 3 is 2.92 bits per heavy atom. The van der Waals surface area contributed by atoms with Crippen molar-refractivity contribution in [2.24, 2.45) is 5.92 Å². The molecule has 2 nitrogen and oxygen atoms in total. The van der Waals surface area contributed by atoms with E-state index in [-0.39, 0.29) is 0 Å². The van der Waals surface area contributed by atoms with Crippen LogP contribution in [0.2, 0.25) is 0 Å². The Morgan fingerprint density at radius 2 is 2.38 bits per heavy atom. The number of rotatable bonds is 4. The minimum absolute atomic E-state index is 0.761. The van der Waals surface area contributed by atoms with Crippen LogP contribution in [-0.4, -0.2) is 38.1 Å². The van der Waals surface area contributed by atoms with Crippen molar-refractivity contribution in [3.8, 4) is 0 Å². The second kappa shape index (κ2) is 5.40. The molecule has 1 rings (SSSR count). The zero-order chi connectivity index (χ0) is 9.68. The molecule has 0 spiro atoms. The predicted molar refractivity (Wildman–Crippen MR) is 57.9 cm³/mol. The minimum Gasteiger partial charge on any atom is -0.319 e. The molecule has 1 heterocycles. The van der Waals surface area contributed by atoms with Crippen LogP contribution >= 0.6 is 0 Å². The topological polar surface area (TPSA) is 15.3 Å². The van der Waals surface area contributed by atoms with E-state index in [9.17, 15) is 0 Å². The summed E-state index contributed by atoms with van der Waals surface area (Å²) in [6.07, 6.45) is 3.61. The van der Waals surface area contributed by atoms with Gasteiger partial charge < -0.3 is 5.32 Å². The van der Waals surface area contributed by atoms with E-state index in [1.165, 1.54) is 19.5 Å². The molecule has 0 radical (unpaired) electrons. The molecular formula is C11H22N2. The standard InChI is InChI=1S/C11H22N2/c1-10-4-6-13(7-5-10)9-11(2)8-12-3/h4,11-12H,5-9H2,1-3H3. The highest BCUT2D eigenvalue weighted by atomic mass is 15.1. The first kappa shape index (κ1) is 10.7. The lowest BCUT2D eigenvalue weighted by molar-refractivity contribution is 0.252. The van der Waals surface area contributed by atoms with Gasteiger partial charge in [0.25, 0.3) is 0 Å². The van der Waals surface area contributed by atoms with Gasteiger partial charge in [-0.05, 0) is 32.9 Å². The molecule has 0 amide bonds. The zero-order valence-corrected chi connectivity index (χ0v) is 9.14. The Labute approximate surface area is 82.0 Å². The van der Waals surface area contributed by atoms with Crippen LogP contribution in [0.1, 0.15) is 20.3 Å². The molecule has 0 bridgehead atoms. The fourth-order valence-electron chi connectivity index (χ4n) is 1.83. The van der Waals surface area contributed by atoms with E-state index in [1.54, 1.807) is 5.57 Å². The second-order valence-corrected chi connectivity index (χ2v) is 4.22. The number of hydrogen-bond acceptors (Lipinski definition) is 2. The second-order valence-electron chi connectivity index (χ2n) is 4.22. The Bertz CT molecular complexity index is 175. The summed E-state index contributed by atoms with van der Waals surface area (Å²) in [7, 11) is 2.02. The van der Waals surface area contributed by atoms with E-state index >= 15 is 0 Å². The van der Waals surface area contributed by atoms with Crippen LogP contribution in [0.5, 0.6) is 0 Å². The summed E-state index contributed by atoms with van der Waals surface area (Å²) in [5, 5.41) is 3.22. The molecule has 1 unspecified atom stereocenters. The summed E-state index contributed by atoms with van der Waals surface area (Å²) < 4.78 is 0. The Kier molecular flexibility index (Phi) is 4.46. The molecule has 1 aliphatic heterocycles. The van der Waals surface area contributed by atoms with Crippen LogP contribution in [0, 0.1) is 5.92 Å². The molecule has 1 N–H and O–H groups in total. The maximum absolute atomic E-state index is 3.22. The Hall–Kier alpha value is -0.340. The third kappa shape index (κ3) is 3.92. The third-order valence-corrected chi connectivity index (χ3v) is 2.64. The van der Waals surface area contributed by atoms with Crippen molar-refractivity contribution < 1.29 is 0 Å². The molecule has 76 valence electrons. The van der Waals surface area contributed by atoms with Gasteiger partial charge in [-0.3, -0.25) is 4.90 Å². The minimum atomic E-state index is 0.761. The van der Waals surface area contributed by atoms with E-state index in [4.69, 9.17) is 0 Å². The van der Waals surface area contributed by atoms with Crippen molar-refractivity contribution in [1.29, 1.82) is 0 Å². The van der Waals surface area contributed by atoms with Gasteiger partial charge in [0.1, 0.15) is 0 Å². The summed E-state index contributed by atoms with van der Waals surface area (Å²) >= 11 is 0. The highest BCUT2D eigenvalue weighted by molar-refractivity contribution is 5.03. The molecule has 13 heavy (non-hydrogen) atoms. The van der Waals surface area contributed by atoms with Gasteiger partial charge >= 0.3 is 0 Å². The van der Waals surface area contributed by atoms with E-state index in [2.05, 4.69) is 30.1 Å². The normalized spacial score (nSPS) is 21.3. The summed E-state index contributed by atoms with van der Waals surface area (Å²) in [6.45, 7) is 9.29. The van der Waals surface area contributed by atoms with Crippen LogP contribution in [0.15, 0.2) is 11.6 Å². The van der Waals surface area contributed by atoms with E-state index in [0.717, 1.165) is 19.0 Å². The van der Waals surface area contributed by atoms with Gasteiger partial charge in [0.05, 0.1) is 0 Å². The molecule has 0 saturated heterocycles. The van der Waals surface area contributed by atoms with E-state index < -0.39 is 0 Å². The highest BCUT2D eigenvalue weighted by Gasteiger charge is 2.11. The maximum atomic E-state index is 3.22. The molecule has 0 aromatic carbocycles. The van der Waals surface area contributed by atoms with Gasteiger partial charge in [0.2, 0.25) is 0 Å². The summed E-state index contributed by atoms with van der Waals surface area (Å²) in [4.78, 5) is 2.54. The van der Waals surface area contributed by atoms with Crippen molar-refractivity contribution >= 4 is 0 Å². The average molecular weight is 182 g/mol. The first-order valence-electron chi connectivity index (χ1n) is 5.25. The SMILES string of the molecule is CNCC(C)CN1CC=C(C)CC1. The molecule has 2 heteroatoms. The molecule has 0 aromatic rings. The third-order valence-electron chi connectivity index (χ3n) is 2.64. The fraction of sp³-hybridized carbons (Fsp3) is 0.818. The lowest BCUT2D eigenvalue weighted by atomic mass is 10.1. The number of hydrogen-bond donors (Lipinski definition) is 1. The van der Waals surface area contributed by atoms with Crippen molar-refractivity contribution in [1.82, 2.24) is 10.2 Å². The number of nitrogens with one attached hydrogen (secondary N) is 1. The monoisotopic (exact) mass is 182 g/mol. The summed E-state index contributed by atoms with van der Waals surface area (Å²) in [6, 6.07) is 0. The first-order chi connectivity index (χ1) is 6.22. The summed E-state index contributed by atoms with van der Waals surface area (Å²) in [5.74, 6) is 0.761. The molecule has 0 fully saturated rings. The maximum Gasteiger partial charge on any atom is 0.0165 e. The van der Waals surface area contributed by atoms with Crippen LogP contribution in [0.25, 0.3) is 0 Å². The van der Waals surface area contributed by atoms with Gasteiger partial charge in [0, 0.05) is 19.6 Å². The fourth-order valence-corrected chi connectivity index (χ4v) is 1.83. The van der Waals surface area contributed by atoms with Gasteiger partial charge in [-0.15, -0.1) is 0 Å². The average Bonchev–Trinajstić information content (AvgIpc) is 2.09. The molecule has 1 atom stereocenters. The highest BCUT2D eigenvalue weighted by Crippen LogP contribution is 2.10. The van der Waals surface area contributed by atoms with Crippen molar-refractivity contribution in [2.75, 3.05) is 33.2 Å². The number of nitrogens with zero attached hydrogens (tertiary/aromatic N) is 1. The van der Waals surface area contributed by atoms with Crippen LogP contribution in [-0.2, 0) is 0 Å². The first-order valence-corrected chi connectivity index (χ1v) is 5.25. The van der Waals surface area contributed by atoms with E-state index in [1.807, 2.05) is 7.05 Å². The van der Waals surface area contributed by atoms with Crippen LogP contribution < -0.4 is 5.32 Å². The van der Waals surface area contributed by atoms with Crippen LogP contribution in [0.4, 0.5) is 0 Å². The molecule has 0 aliphatic carbocycles. The smallest absolute Gasteiger partial charge is 0.0165 e. The van der Waals surface area contributed by atoms with Crippen molar-refractivity contribution in [2.45, 2.75) is 20.3 Å². The van der Waals surface area contributed by atoms with Gasteiger partial charge in [0.15, 0.2) is 0 Å². The van der Waals surface area contributed by atoms with Gasteiger partial charge in [-0.2, -0.15) is 0 Å². The summed E-state index contributed by atoms with van der Waals surface area (Å²) in [5.41, 5.74) is 1.55. The molecule has 0 aromatic heterocycles. The zero-order valence-electron chi connectivity index (χ0n) is 9.14. The van der Waals surface area contributed by atoms with Crippen LogP contribution in [0.3, 0.4) is 0 Å². The Balaban J connectivity index is 2.23. The lowest BCUT2D eigenvalue weighted by Gasteiger charge is -2.27. The molecule has 0 saturated carbocycles. The lowest BCUT2D eigenvalue weighted by Crippen LogP contribution is -2.35. The van der Waals surface area contributed by atoms with Gasteiger partial charge in [-0.25, -0.2) is 0 Å². The van der Waals surface area contributed by atoms with Crippen molar-refractivity contribution in [3.05, 3.63) is 11.6 Å². The van der Waals surface area contributed by atoms with E-state index in [0.29, 0.717) is 0 Å². The predicted octanol–water partition coefficient (Wildman–Crippen LogP) is 1.49. The Morgan fingerprint density at radius 1 is 1.62 bits per heavy atom. The molecule has 1 aliphatic rings. The largest absolute Gasteiger partial charge is 0.319 e. The van der Waals surface area contributed by atoms with Crippen molar-refractivity contribution in [3.63, 3.8) is 0 Å². The molecular weight excluding hydrogens is 160 g/mol. The quantitative estimate of drug-likeness (QED) is 0.663. The van der Waals surface area contributed by atoms with Gasteiger partial charge in [-0.1, -0.05) is 18.6 Å².